The highest BCUT2D eigenvalue weighted by atomic mass is 19.3. The van der Waals surface area contributed by atoms with Crippen molar-refractivity contribution >= 4 is 28.4 Å². The highest BCUT2D eigenvalue weighted by Crippen LogP contribution is 2.37. The number of halogens is 2. The number of nitrogens with zero attached hydrogens (tertiary/aromatic N) is 6. The van der Waals surface area contributed by atoms with Gasteiger partial charge in [0.15, 0.2) is 11.6 Å². The fourth-order valence-electron chi connectivity index (χ4n) is 3.96. The van der Waals surface area contributed by atoms with Crippen LogP contribution < -0.4 is 10.2 Å². The van der Waals surface area contributed by atoms with E-state index in [9.17, 15) is 13.6 Å². The zero-order chi connectivity index (χ0) is 21.0. The Kier molecular flexibility index (Phi) is 4.17. The lowest BCUT2D eigenvalue weighted by Gasteiger charge is -2.26. The van der Waals surface area contributed by atoms with Crippen LogP contribution in [0.4, 0.5) is 20.4 Å². The van der Waals surface area contributed by atoms with E-state index >= 15 is 0 Å². The van der Waals surface area contributed by atoms with Crippen LogP contribution in [0.25, 0.3) is 16.7 Å². The number of aromatic nitrogens is 5. The van der Waals surface area contributed by atoms with Crippen LogP contribution in [0.5, 0.6) is 0 Å². The highest BCUT2D eigenvalue weighted by molar-refractivity contribution is 5.95. The summed E-state index contributed by atoms with van der Waals surface area (Å²) in [4.78, 5) is 25.9. The molecule has 5 heterocycles. The van der Waals surface area contributed by atoms with Gasteiger partial charge in [0, 0.05) is 32.7 Å². The molecule has 3 aromatic heterocycles. The van der Waals surface area contributed by atoms with Gasteiger partial charge in [-0.05, 0) is 6.42 Å². The second-order valence-corrected chi connectivity index (χ2v) is 7.65. The van der Waals surface area contributed by atoms with Gasteiger partial charge in [-0.1, -0.05) is 0 Å². The average molecular weight is 415 g/mol. The number of anilines is 2. The molecule has 2 bridgehead atoms. The van der Waals surface area contributed by atoms with E-state index in [0.29, 0.717) is 30.3 Å². The van der Waals surface area contributed by atoms with Crippen LogP contribution in [0.2, 0.25) is 0 Å². The number of rotatable bonds is 4. The molecule has 0 aromatic carbocycles. The number of hydrogen-bond acceptors (Lipinski definition) is 7. The molecular weight excluding hydrogens is 396 g/mol. The molecule has 9 nitrogen and oxygen atoms in total. The van der Waals surface area contributed by atoms with Gasteiger partial charge in [0.05, 0.1) is 42.0 Å². The fourth-order valence-corrected chi connectivity index (χ4v) is 3.96. The lowest BCUT2D eigenvalue weighted by atomic mass is 10.2. The maximum absolute atomic E-state index is 13.8. The molecule has 30 heavy (non-hydrogen) atoms. The van der Waals surface area contributed by atoms with E-state index in [1.807, 2.05) is 0 Å². The van der Waals surface area contributed by atoms with Crippen molar-refractivity contribution in [3.05, 3.63) is 30.4 Å². The van der Waals surface area contributed by atoms with Gasteiger partial charge >= 0.3 is 0 Å². The van der Waals surface area contributed by atoms with Crippen molar-refractivity contribution in [2.75, 3.05) is 23.4 Å². The van der Waals surface area contributed by atoms with Crippen LogP contribution in [0.15, 0.2) is 24.7 Å². The molecule has 156 valence electrons. The maximum atomic E-state index is 13.8. The summed E-state index contributed by atoms with van der Waals surface area (Å²) in [7, 11) is 0. The number of carbonyl (C=O) groups is 1. The molecule has 2 aliphatic heterocycles. The number of pyridine rings is 1. The van der Waals surface area contributed by atoms with Crippen LogP contribution in [-0.2, 0) is 15.5 Å². The molecule has 2 saturated heterocycles. The topological polar surface area (TPSA) is 98.1 Å². The maximum Gasteiger partial charge on any atom is 0.288 e. The molecule has 1 N–H and O–H groups in total. The molecule has 0 radical (unpaired) electrons. The second-order valence-electron chi connectivity index (χ2n) is 7.65. The Labute approximate surface area is 170 Å². The lowest BCUT2D eigenvalue weighted by Crippen LogP contribution is -2.37. The third kappa shape index (κ3) is 3.15. The van der Waals surface area contributed by atoms with Crippen LogP contribution in [0.1, 0.15) is 26.0 Å². The van der Waals surface area contributed by atoms with E-state index in [0.717, 1.165) is 24.9 Å². The smallest absolute Gasteiger partial charge is 0.288 e. The van der Waals surface area contributed by atoms with Crippen LogP contribution in [0, 0.1) is 0 Å². The largest absolute Gasteiger partial charge is 0.374 e. The minimum atomic E-state index is -3.14. The van der Waals surface area contributed by atoms with Crippen LogP contribution in [-0.4, -0.2) is 55.9 Å². The van der Waals surface area contributed by atoms with Gasteiger partial charge in [-0.3, -0.25) is 9.78 Å². The van der Waals surface area contributed by atoms with E-state index in [1.54, 1.807) is 12.3 Å². The summed E-state index contributed by atoms with van der Waals surface area (Å²) >= 11 is 0. The predicted molar refractivity (Wildman–Crippen MR) is 104 cm³/mol. The summed E-state index contributed by atoms with van der Waals surface area (Å²) in [5.74, 6) is -2.24. The zero-order valence-electron chi connectivity index (χ0n) is 16.3. The van der Waals surface area contributed by atoms with Gasteiger partial charge in [-0.15, -0.1) is 5.10 Å². The molecule has 0 spiro atoms. The number of alkyl halides is 2. The van der Waals surface area contributed by atoms with Gasteiger partial charge in [0.2, 0.25) is 5.91 Å². The molecule has 2 unspecified atom stereocenters. The Morgan fingerprint density at radius 1 is 1.33 bits per heavy atom. The number of fused-ring (bicyclic) bond motifs is 3. The molecular formula is C19H19F2N7O2. The summed E-state index contributed by atoms with van der Waals surface area (Å²) in [6, 6.07) is 1.85. The standard InChI is InChI=1S/C19H19F2N7O2/c1-10(29)24-16-4-14-13(5-23-16)18(27-8-12-3-11(27)9-30-12)26-28(14)17-7-22-6-15(25-17)19(2,20)21/h4-7,11-12H,3,8-9H2,1-2H3,(H,23,24,29). The summed E-state index contributed by atoms with van der Waals surface area (Å²) in [6.07, 6.45) is 5.12. The van der Waals surface area contributed by atoms with Crippen molar-refractivity contribution < 1.29 is 18.3 Å². The third-order valence-electron chi connectivity index (χ3n) is 5.31. The third-order valence-corrected chi connectivity index (χ3v) is 5.31. The van der Waals surface area contributed by atoms with Gasteiger partial charge in [-0.25, -0.2) is 14.6 Å². The van der Waals surface area contributed by atoms with Crippen molar-refractivity contribution in [3.63, 3.8) is 0 Å². The Bertz CT molecular complexity index is 1140. The first-order chi connectivity index (χ1) is 14.3. The quantitative estimate of drug-likeness (QED) is 0.698. The molecule has 2 fully saturated rings. The van der Waals surface area contributed by atoms with Crippen molar-refractivity contribution in [1.29, 1.82) is 0 Å². The summed E-state index contributed by atoms with van der Waals surface area (Å²) in [5.41, 5.74) is 0.133. The van der Waals surface area contributed by atoms with E-state index in [-0.39, 0.29) is 23.9 Å². The normalized spacial score (nSPS) is 20.9. The minimum Gasteiger partial charge on any atom is -0.374 e. The van der Waals surface area contributed by atoms with Gasteiger partial charge < -0.3 is 15.0 Å². The summed E-state index contributed by atoms with van der Waals surface area (Å²) in [6.45, 7) is 3.47. The van der Waals surface area contributed by atoms with E-state index in [2.05, 4.69) is 25.2 Å². The average Bonchev–Trinajstić information content (AvgIpc) is 3.40. The number of amides is 1. The molecule has 1 amide bonds. The Morgan fingerprint density at radius 2 is 2.17 bits per heavy atom. The number of hydrogen-bond donors (Lipinski definition) is 1. The number of morpholine rings is 1. The van der Waals surface area contributed by atoms with Gasteiger partial charge in [0.1, 0.15) is 11.5 Å². The molecule has 2 atom stereocenters. The summed E-state index contributed by atoms with van der Waals surface area (Å²) < 4.78 is 34.8. The van der Waals surface area contributed by atoms with E-state index in [4.69, 9.17) is 9.84 Å². The Hall–Kier alpha value is -3.21. The number of ether oxygens (including phenoxy) is 1. The van der Waals surface area contributed by atoms with Crippen LogP contribution >= 0.6 is 0 Å². The van der Waals surface area contributed by atoms with Crippen molar-refractivity contribution in [2.45, 2.75) is 38.3 Å². The first kappa shape index (κ1) is 18.8. The second kappa shape index (κ2) is 6.66. The van der Waals surface area contributed by atoms with E-state index in [1.165, 1.54) is 17.8 Å². The van der Waals surface area contributed by atoms with E-state index < -0.39 is 11.6 Å². The SMILES string of the molecule is CC(=O)Nc1cc2c(cn1)c(N1CC3CC1CO3)nn2-c1cncc(C(C)(F)F)n1. The van der Waals surface area contributed by atoms with Crippen molar-refractivity contribution in [1.82, 2.24) is 24.7 Å². The number of carbonyl (C=O) groups excluding carboxylic acids is 1. The molecule has 0 aliphatic carbocycles. The highest BCUT2D eigenvalue weighted by Gasteiger charge is 2.41. The molecule has 3 aromatic rings. The first-order valence-corrected chi connectivity index (χ1v) is 9.55. The van der Waals surface area contributed by atoms with Gasteiger partial charge in [-0.2, -0.15) is 8.78 Å². The lowest BCUT2D eigenvalue weighted by molar-refractivity contribution is -0.114. The predicted octanol–water partition coefficient (Wildman–Crippen LogP) is 2.26. The molecule has 5 rings (SSSR count). The van der Waals surface area contributed by atoms with Crippen molar-refractivity contribution in [2.24, 2.45) is 0 Å². The molecule has 0 saturated carbocycles. The van der Waals surface area contributed by atoms with Crippen LogP contribution in [0.3, 0.4) is 0 Å². The minimum absolute atomic E-state index is 0.156. The first-order valence-electron chi connectivity index (χ1n) is 9.55. The Balaban J connectivity index is 1.67. The Morgan fingerprint density at radius 3 is 2.83 bits per heavy atom. The van der Waals surface area contributed by atoms with Crippen molar-refractivity contribution in [3.8, 4) is 5.82 Å². The molecule has 2 aliphatic rings. The monoisotopic (exact) mass is 415 g/mol. The fraction of sp³-hybridized carbons (Fsp3) is 0.421. The molecule has 11 heteroatoms. The number of nitrogens with one attached hydrogen (secondary N) is 1. The summed E-state index contributed by atoms with van der Waals surface area (Å²) in [5, 5.41) is 8.06. The van der Waals surface area contributed by atoms with Gasteiger partial charge in [0.25, 0.3) is 5.92 Å². The zero-order valence-corrected chi connectivity index (χ0v) is 16.3.